The number of fused-ring (bicyclic) bond motifs is 4. The van der Waals surface area contributed by atoms with E-state index in [9.17, 15) is 5.11 Å². The maximum atomic E-state index is 10.5. The van der Waals surface area contributed by atoms with Crippen LogP contribution in [0.2, 0.25) is 0 Å². The predicted molar refractivity (Wildman–Crippen MR) is 109 cm³/mol. The summed E-state index contributed by atoms with van der Waals surface area (Å²) < 4.78 is 6.22. The van der Waals surface area contributed by atoms with Crippen LogP contribution in [0.3, 0.4) is 0 Å². The predicted octanol–water partition coefficient (Wildman–Crippen LogP) is 5.45. The maximum Gasteiger partial charge on any atom is 0.0746 e. The molecule has 0 aromatic heterocycles. The van der Waals surface area contributed by atoms with Crippen LogP contribution in [0, 0.1) is 51.8 Å². The van der Waals surface area contributed by atoms with Crippen LogP contribution in [0.4, 0.5) is 0 Å². The van der Waals surface area contributed by atoms with Gasteiger partial charge in [0.15, 0.2) is 0 Å². The van der Waals surface area contributed by atoms with Crippen molar-refractivity contribution in [2.75, 3.05) is 7.11 Å². The fourth-order valence-corrected chi connectivity index (χ4v) is 9.94. The van der Waals surface area contributed by atoms with Gasteiger partial charge < -0.3 is 9.84 Å². The van der Waals surface area contributed by atoms with Crippen molar-refractivity contribution < 1.29 is 9.84 Å². The zero-order chi connectivity index (χ0) is 19.2. The third kappa shape index (κ3) is 2.10. The summed E-state index contributed by atoms with van der Waals surface area (Å²) in [4.78, 5) is 0. The van der Waals surface area contributed by atoms with Crippen molar-refractivity contribution in [1.29, 1.82) is 0 Å². The van der Waals surface area contributed by atoms with E-state index in [4.69, 9.17) is 4.74 Å². The van der Waals surface area contributed by atoms with Gasteiger partial charge in [-0.1, -0.05) is 26.8 Å². The lowest BCUT2D eigenvalue weighted by Gasteiger charge is -2.61. The molecule has 0 radical (unpaired) electrons. The molecule has 1 spiro atoms. The zero-order valence-corrected chi connectivity index (χ0v) is 17.9. The first kappa shape index (κ1) is 18.7. The molecule has 5 saturated carbocycles. The largest absolute Gasteiger partial charge is 0.389 e. The fraction of sp³-hybridized carbons (Fsp3) is 0.920. The first-order valence-corrected chi connectivity index (χ1v) is 11.7. The number of aliphatic hydroxyl groups is 1. The third-order valence-corrected chi connectivity index (χ3v) is 11.3. The van der Waals surface area contributed by atoms with Crippen molar-refractivity contribution in [2.24, 2.45) is 51.8 Å². The van der Waals surface area contributed by atoms with E-state index in [0.29, 0.717) is 34.2 Å². The van der Waals surface area contributed by atoms with E-state index in [1.165, 1.54) is 51.4 Å². The smallest absolute Gasteiger partial charge is 0.0746 e. The Bertz CT molecular complexity index is 630. The van der Waals surface area contributed by atoms with Crippen LogP contribution >= 0.6 is 0 Å². The molecule has 5 rings (SSSR count). The lowest BCUT2D eigenvalue weighted by molar-refractivity contribution is -0.162. The second-order valence-electron chi connectivity index (χ2n) is 11.5. The second kappa shape index (κ2) is 5.85. The molecule has 27 heavy (non-hydrogen) atoms. The molecular formula is C25H40O2. The highest BCUT2D eigenvalue weighted by Gasteiger charge is 2.77. The van der Waals surface area contributed by atoms with E-state index in [2.05, 4.69) is 27.4 Å². The summed E-state index contributed by atoms with van der Waals surface area (Å²) in [6, 6.07) is 0. The topological polar surface area (TPSA) is 29.5 Å². The minimum Gasteiger partial charge on any atom is -0.389 e. The quantitative estimate of drug-likeness (QED) is 0.665. The summed E-state index contributed by atoms with van der Waals surface area (Å²) in [5, 5.41) is 10.5. The van der Waals surface area contributed by atoms with Crippen molar-refractivity contribution in [3.8, 4) is 0 Å². The number of aliphatic hydroxyl groups excluding tert-OH is 1. The molecular weight excluding hydrogens is 332 g/mol. The summed E-state index contributed by atoms with van der Waals surface area (Å²) in [5.41, 5.74) is 1.44. The minimum atomic E-state index is -0.357. The SMILES string of the molecule is C=C[C@H](O)[C@@H](C)[C@H]1CC[C@H]2[C@@H]3C[C@@H](OC)[C@]45C[C@H]4CC[C@]5(C)[C@H]3CC[C@]12C. The van der Waals surface area contributed by atoms with Gasteiger partial charge in [0, 0.05) is 12.5 Å². The normalized spacial score (nSPS) is 57.8. The van der Waals surface area contributed by atoms with E-state index in [1.54, 1.807) is 6.08 Å². The van der Waals surface area contributed by atoms with Crippen molar-refractivity contribution in [3.63, 3.8) is 0 Å². The van der Waals surface area contributed by atoms with Gasteiger partial charge in [0.25, 0.3) is 0 Å². The van der Waals surface area contributed by atoms with E-state index >= 15 is 0 Å². The van der Waals surface area contributed by atoms with Crippen LogP contribution in [0.1, 0.15) is 72.1 Å². The van der Waals surface area contributed by atoms with Crippen LogP contribution in [-0.4, -0.2) is 24.4 Å². The number of hydrogen-bond donors (Lipinski definition) is 1. The molecule has 2 nitrogen and oxygen atoms in total. The van der Waals surface area contributed by atoms with E-state index < -0.39 is 0 Å². The molecule has 0 aliphatic heterocycles. The second-order valence-corrected chi connectivity index (χ2v) is 11.5. The number of rotatable bonds is 4. The minimum absolute atomic E-state index is 0.331. The Labute approximate surface area is 166 Å². The number of ether oxygens (including phenoxy) is 1. The maximum absolute atomic E-state index is 10.5. The summed E-state index contributed by atoms with van der Waals surface area (Å²) in [5.74, 6) is 4.50. The lowest BCUT2D eigenvalue weighted by atomic mass is 9.45. The monoisotopic (exact) mass is 372 g/mol. The van der Waals surface area contributed by atoms with Gasteiger partial charge in [-0.25, -0.2) is 0 Å². The summed E-state index contributed by atoms with van der Waals surface area (Å²) >= 11 is 0. The van der Waals surface area contributed by atoms with Crippen molar-refractivity contribution >= 4 is 0 Å². The Morgan fingerprint density at radius 1 is 1.11 bits per heavy atom. The molecule has 1 N–H and O–H groups in total. The average molecular weight is 373 g/mol. The Morgan fingerprint density at radius 2 is 1.89 bits per heavy atom. The zero-order valence-electron chi connectivity index (χ0n) is 17.9. The highest BCUT2D eigenvalue weighted by molar-refractivity contribution is 5.26. The molecule has 0 bridgehead atoms. The molecule has 0 aromatic carbocycles. The summed E-state index contributed by atoms with van der Waals surface area (Å²) in [7, 11) is 1.98. The molecule has 0 saturated heterocycles. The highest BCUT2D eigenvalue weighted by Crippen LogP contribution is 2.82. The van der Waals surface area contributed by atoms with E-state index in [-0.39, 0.29) is 6.10 Å². The Kier molecular flexibility index (Phi) is 4.04. The van der Waals surface area contributed by atoms with Crippen molar-refractivity contribution in [3.05, 3.63) is 12.7 Å². The Hall–Kier alpha value is -0.340. The molecule has 0 heterocycles. The van der Waals surface area contributed by atoms with Crippen LogP contribution in [-0.2, 0) is 4.74 Å². The van der Waals surface area contributed by atoms with Gasteiger partial charge in [-0.15, -0.1) is 6.58 Å². The van der Waals surface area contributed by atoms with Gasteiger partial charge in [0.05, 0.1) is 12.2 Å². The van der Waals surface area contributed by atoms with Crippen molar-refractivity contribution in [2.45, 2.75) is 84.3 Å². The van der Waals surface area contributed by atoms with Gasteiger partial charge in [0.1, 0.15) is 0 Å². The van der Waals surface area contributed by atoms with Gasteiger partial charge in [0.2, 0.25) is 0 Å². The van der Waals surface area contributed by atoms with Crippen LogP contribution < -0.4 is 0 Å². The first-order valence-electron chi connectivity index (χ1n) is 11.7. The molecule has 0 amide bonds. The summed E-state index contributed by atoms with van der Waals surface area (Å²) in [6.45, 7) is 11.3. The van der Waals surface area contributed by atoms with Crippen LogP contribution in [0.5, 0.6) is 0 Å². The van der Waals surface area contributed by atoms with E-state index in [0.717, 1.165) is 23.7 Å². The molecule has 5 fully saturated rings. The average Bonchev–Trinajstić information content (AvgIpc) is 3.17. The molecule has 152 valence electrons. The fourth-order valence-electron chi connectivity index (χ4n) is 9.94. The van der Waals surface area contributed by atoms with Gasteiger partial charge in [-0.05, 0) is 97.7 Å². The van der Waals surface area contributed by atoms with Gasteiger partial charge >= 0.3 is 0 Å². The van der Waals surface area contributed by atoms with Crippen molar-refractivity contribution in [1.82, 2.24) is 0 Å². The van der Waals surface area contributed by atoms with Gasteiger partial charge in [-0.2, -0.15) is 0 Å². The molecule has 11 atom stereocenters. The molecule has 0 aromatic rings. The van der Waals surface area contributed by atoms with Crippen LogP contribution in [0.15, 0.2) is 12.7 Å². The van der Waals surface area contributed by atoms with E-state index in [1.807, 2.05) is 7.11 Å². The number of hydrogen-bond acceptors (Lipinski definition) is 2. The Balaban J connectivity index is 1.46. The molecule has 0 unspecified atom stereocenters. The van der Waals surface area contributed by atoms with Gasteiger partial charge in [-0.3, -0.25) is 0 Å². The summed E-state index contributed by atoms with van der Waals surface area (Å²) in [6.07, 6.45) is 13.0. The molecule has 2 heteroatoms. The molecule has 5 aliphatic rings. The first-order chi connectivity index (χ1) is 12.8. The highest BCUT2D eigenvalue weighted by atomic mass is 16.5. The lowest BCUT2D eigenvalue weighted by Crippen LogP contribution is -2.57. The molecule has 5 aliphatic carbocycles. The Morgan fingerprint density at radius 3 is 2.56 bits per heavy atom. The number of methoxy groups -OCH3 is 1. The van der Waals surface area contributed by atoms with Crippen LogP contribution in [0.25, 0.3) is 0 Å². The standard InChI is InChI=1S/C25H40O2/c1-6-21(26)15(2)18-7-8-19-17-13-22(27-5)25-14-16(25)9-12-24(25,4)20(17)10-11-23(18,19)3/h6,15-22,26H,1,7-14H2,2-5H3/t15-,16+,17-,18+,19-,20-,21-,22+,23+,24+,25-/m0/s1. The third-order valence-electron chi connectivity index (χ3n) is 11.3.